The summed E-state index contributed by atoms with van der Waals surface area (Å²) in [7, 11) is 3.28. The third kappa shape index (κ3) is 3.54. The van der Waals surface area contributed by atoms with E-state index in [-0.39, 0.29) is 6.03 Å². The maximum atomic E-state index is 12.1. The molecule has 0 fully saturated rings. The van der Waals surface area contributed by atoms with E-state index in [2.05, 4.69) is 21.2 Å². The van der Waals surface area contributed by atoms with Crippen LogP contribution in [0.15, 0.2) is 45.5 Å². The quantitative estimate of drug-likeness (QED) is 0.924. The third-order valence-corrected chi connectivity index (χ3v) is 3.43. The minimum Gasteiger partial charge on any atom is -0.497 e. The second-order valence-electron chi connectivity index (χ2n) is 4.21. The van der Waals surface area contributed by atoms with Crippen LogP contribution in [-0.4, -0.2) is 25.1 Å². The number of rotatable bonds is 4. The molecule has 0 radical (unpaired) electrons. The Morgan fingerprint density at radius 3 is 2.90 bits per heavy atom. The van der Waals surface area contributed by atoms with Gasteiger partial charge in [0.1, 0.15) is 11.5 Å². The number of amides is 2. The summed E-state index contributed by atoms with van der Waals surface area (Å²) in [6.45, 7) is 0.403. The van der Waals surface area contributed by atoms with Crippen molar-refractivity contribution in [2.45, 2.75) is 6.54 Å². The van der Waals surface area contributed by atoms with Crippen LogP contribution in [0.4, 0.5) is 10.5 Å². The first-order valence-corrected chi connectivity index (χ1v) is 6.77. The average molecular weight is 339 g/mol. The van der Waals surface area contributed by atoms with Crippen molar-refractivity contribution in [3.8, 4) is 5.75 Å². The number of urea groups is 1. The zero-order valence-corrected chi connectivity index (χ0v) is 12.8. The van der Waals surface area contributed by atoms with Crippen LogP contribution in [0.25, 0.3) is 0 Å². The van der Waals surface area contributed by atoms with Gasteiger partial charge in [-0.15, -0.1) is 0 Å². The van der Waals surface area contributed by atoms with Crippen molar-refractivity contribution in [2.75, 3.05) is 19.5 Å². The number of methoxy groups -OCH3 is 1. The van der Waals surface area contributed by atoms with E-state index in [1.165, 1.54) is 4.90 Å². The highest BCUT2D eigenvalue weighted by Gasteiger charge is 2.12. The highest BCUT2D eigenvalue weighted by molar-refractivity contribution is 9.10. The second-order valence-corrected chi connectivity index (χ2v) is 5.07. The molecule has 0 aliphatic carbocycles. The maximum Gasteiger partial charge on any atom is 0.322 e. The predicted molar refractivity (Wildman–Crippen MR) is 79.9 cm³/mol. The van der Waals surface area contributed by atoms with Gasteiger partial charge in [0, 0.05) is 17.6 Å². The normalized spacial score (nSPS) is 10.2. The molecule has 0 atom stereocenters. The number of hydrogen-bond donors (Lipinski definition) is 1. The van der Waals surface area contributed by atoms with E-state index in [9.17, 15) is 4.79 Å². The molecule has 2 rings (SSSR count). The molecular weight excluding hydrogens is 324 g/mol. The number of carbonyl (C=O) groups excluding carboxylic acids is 1. The van der Waals surface area contributed by atoms with E-state index >= 15 is 0 Å². The summed E-state index contributed by atoms with van der Waals surface area (Å²) in [5.41, 5.74) is 0.653. The van der Waals surface area contributed by atoms with Gasteiger partial charge in [0.15, 0.2) is 0 Å². The summed E-state index contributed by atoms with van der Waals surface area (Å²) in [6.07, 6.45) is 1.58. The fourth-order valence-corrected chi connectivity index (χ4v) is 1.99. The fraction of sp³-hybridized carbons (Fsp3) is 0.214. The zero-order valence-electron chi connectivity index (χ0n) is 11.2. The fourth-order valence-electron chi connectivity index (χ4n) is 1.65. The molecular formula is C14H15BrN2O3. The molecule has 1 heterocycles. The number of benzene rings is 1. The Morgan fingerprint density at radius 2 is 2.25 bits per heavy atom. The Balaban J connectivity index is 2.03. The Hall–Kier alpha value is -1.95. The lowest BCUT2D eigenvalue weighted by atomic mass is 10.3. The van der Waals surface area contributed by atoms with E-state index in [1.807, 2.05) is 18.2 Å². The van der Waals surface area contributed by atoms with Crippen LogP contribution in [0, 0.1) is 0 Å². The van der Waals surface area contributed by atoms with E-state index in [0.29, 0.717) is 18.0 Å². The first-order chi connectivity index (χ1) is 9.60. The van der Waals surface area contributed by atoms with Crippen LogP contribution in [0.2, 0.25) is 0 Å². The number of anilines is 1. The number of hydrogen-bond acceptors (Lipinski definition) is 3. The molecule has 0 aliphatic heterocycles. The summed E-state index contributed by atoms with van der Waals surface area (Å²) in [6, 6.07) is 8.77. The van der Waals surface area contributed by atoms with Gasteiger partial charge in [-0.05, 0) is 40.2 Å². The number of furan rings is 1. The van der Waals surface area contributed by atoms with E-state index in [4.69, 9.17) is 9.15 Å². The Labute approximate surface area is 125 Å². The van der Waals surface area contributed by atoms with E-state index < -0.39 is 0 Å². The summed E-state index contributed by atoms with van der Waals surface area (Å²) >= 11 is 3.39. The summed E-state index contributed by atoms with van der Waals surface area (Å²) in [5, 5.41) is 2.82. The molecule has 0 saturated carbocycles. The van der Waals surface area contributed by atoms with Crippen molar-refractivity contribution in [2.24, 2.45) is 0 Å². The van der Waals surface area contributed by atoms with Gasteiger partial charge in [0.25, 0.3) is 0 Å². The molecule has 0 unspecified atom stereocenters. The Bertz CT molecular complexity index is 584. The Morgan fingerprint density at radius 1 is 1.45 bits per heavy atom. The van der Waals surface area contributed by atoms with Crippen LogP contribution < -0.4 is 10.1 Å². The van der Waals surface area contributed by atoms with Crippen molar-refractivity contribution in [3.63, 3.8) is 0 Å². The molecule has 0 aliphatic rings. The molecule has 6 heteroatoms. The summed E-state index contributed by atoms with van der Waals surface area (Å²) < 4.78 is 11.1. The molecule has 5 nitrogen and oxygen atoms in total. The predicted octanol–water partition coefficient (Wildman–Crippen LogP) is 3.71. The number of carbonyl (C=O) groups is 1. The van der Waals surface area contributed by atoms with Gasteiger partial charge in [0.2, 0.25) is 0 Å². The topological polar surface area (TPSA) is 54.7 Å². The number of nitrogens with zero attached hydrogens (tertiary/aromatic N) is 1. The monoisotopic (exact) mass is 338 g/mol. The van der Waals surface area contributed by atoms with Crippen LogP contribution in [-0.2, 0) is 6.54 Å². The van der Waals surface area contributed by atoms with Gasteiger partial charge in [0.05, 0.1) is 25.6 Å². The van der Waals surface area contributed by atoms with Crippen molar-refractivity contribution < 1.29 is 13.9 Å². The molecule has 20 heavy (non-hydrogen) atoms. The average Bonchev–Trinajstić information content (AvgIpc) is 2.94. The Kier molecular flexibility index (Phi) is 4.68. The van der Waals surface area contributed by atoms with Crippen LogP contribution in [0.3, 0.4) is 0 Å². The largest absolute Gasteiger partial charge is 0.497 e. The lowest BCUT2D eigenvalue weighted by Crippen LogP contribution is -2.30. The van der Waals surface area contributed by atoms with Crippen LogP contribution in [0.5, 0.6) is 5.75 Å². The SMILES string of the molecule is COc1ccc(Br)c(NC(=O)N(C)Cc2ccco2)c1. The molecule has 1 N–H and O–H groups in total. The minimum absolute atomic E-state index is 0.227. The van der Waals surface area contributed by atoms with Gasteiger partial charge >= 0.3 is 6.03 Å². The van der Waals surface area contributed by atoms with Crippen molar-refractivity contribution in [1.29, 1.82) is 0 Å². The van der Waals surface area contributed by atoms with Gasteiger partial charge in [-0.25, -0.2) is 4.79 Å². The van der Waals surface area contributed by atoms with Crippen molar-refractivity contribution >= 4 is 27.6 Å². The number of nitrogens with one attached hydrogen (secondary N) is 1. The van der Waals surface area contributed by atoms with Crippen molar-refractivity contribution in [1.82, 2.24) is 4.90 Å². The molecule has 2 aromatic rings. The molecule has 1 aromatic heterocycles. The van der Waals surface area contributed by atoms with Crippen molar-refractivity contribution in [3.05, 3.63) is 46.8 Å². The first kappa shape index (κ1) is 14.5. The van der Waals surface area contributed by atoms with E-state index in [1.54, 1.807) is 32.6 Å². The molecule has 2 amide bonds. The van der Waals surface area contributed by atoms with Crippen LogP contribution in [0.1, 0.15) is 5.76 Å². The molecule has 0 bridgehead atoms. The zero-order chi connectivity index (χ0) is 14.5. The molecule has 1 aromatic carbocycles. The first-order valence-electron chi connectivity index (χ1n) is 5.98. The summed E-state index contributed by atoms with van der Waals surface area (Å²) in [5.74, 6) is 1.41. The number of halogens is 1. The minimum atomic E-state index is -0.227. The standard InChI is InChI=1S/C14H15BrN2O3/c1-17(9-11-4-3-7-20-11)14(18)16-13-8-10(19-2)5-6-12(13)15/h3-8H,9H2,1-2H3,(H,16,18). The van der Waals surface area contributed by atoms with E-state index in [0.717, 1.165) is 10.2 Å². The third-order valence-electron chi connectivity index (χ3n) is 2.73. The van der Waals surface area contributed by atoms with Gasteiger partial charge < -0.3 is 19.4 Å². The van der Waals surface area contributed by atoms with Gasteiger partial charge in [-0.2, -0.15) is 0 Å². The molecule has 0 saturated heterocycles. The van der Waals surface area contributed by atoms with Crippen LogP contribution >= 0.6 is 15.9 Å². The highest BCUT2D eigenvalue weighted by Crippen LogP contribution is 2.27. The second kappa shape index (κ2) is 6.47. The maximum absolute atomic E-state index is 12.1. The lowest BCUT2D eigenvalue weighted by Gasteiger charge is -2.17. The smallest absolute Gasteiger partial charge is 0.322 e. The number of ether oxygens (including phenoxy) is 1. The molecule has 0 spiro atoms. The van der Waals surface area contributed by atoms with Gasteiger partial charge in [-0.3, -0.25) is 0 Å². The van der Waals surface area contributed by atoms with Gasteiger partial charge in [-0.1, -0.05) is 0 Å². The highest BCUT2D eigenvalue weighted by atomic mass is 79.9. The summed E-state index contributed by atoms with van der Waals surface area (Å²) in [4.78, 5) is 13.6. The molecule has 106 valence electrons. The lowest BCUT2D eigenvalue weighted by molar-refractivity contribution is 0.217.